The van der Waals surface area contributed by atoms with E-state index in [1.54, 1.807) is 0 Å². The number of hydrogen-bond acceptors (Lipinski definition) is 4. The molecule has 4 nitrogen and oxygen atoms in total. The van der Waals surface area contributed by atoms with Crippen molar-refractivity contribution >= 4 is 0 Å². The van der Waals surface area contributed by atoms with Crippen molar-refractivity contribution in [1.29, 1.82) is 0 Å². The molecule has 50 heavy (non-hydrogen) atoms. The highest BCUT2D eigenvalue weighted by atomic mass is 16.5. The summed E-state index contributed by atoms with van der Waals surface area (Å²) in [6, 6.07) is 65.0. The lowest BCUT2D eigenvalue weighted by atomic mass is 9.62. The van der Waals surface area contributed by atoms with Gasteiger partial charge >= 0.3 is 0 Å². The topological polar surface area (TPSA) is 47.9 Å². The van der Waals surface area contributed by atoms with E-state index in [4.69, 9.17) is 19.7 Å². The van der Waals surface area contributed by atoms with Crippen molar-refractivity contribution in [3.8, 4) is 56.8 Å². The van der Waals surface area contributed by atoms with Gasteiger partial charge in [-0.15, -0.1) is 0 Å². The first kappa shape index (κ1) is 29.5. The highest BCUT2D eigenvalue weighted by molar-refractivity contribution is 5.86. The van der Waals surface area contributed by atoms with E-state index >= 15 is 0 Å². The third-order valence-corrected chi connectivity index (χ3v) is 9.50. The molecule has 9 rings (SSSR count). The number of nitrogens with zero attached hydrogens (tertiary/aromatic N) is 3. The standard InChI is InChI=1S/C46H31N3O/c1-4-18-32(19-5-1)43-47-44(33-20-6-2-7-21-33)49-45(48-43)37-26-11-10-24-35(37)36-25-12-13-27-38(36)46(34-22-8-3-9-23-34)39-28-14-16-30-41(39)50-42-31-17-15-29-40(42)46/h1-31H. The largest absolute Gasteiger partial charge is 0.457 e. The van der Waals surface area contributed by atoms with Gasteiger partial charge in [-0.05, 0) is 34.4 Å². The molecule has 1 aliphatic rings. The molecule has 0 radical (unpaired) electrons. The van der Waals surface area contributed by atoms with Crippen LogP contribution in [0.15, 0.2) is 188 Å². The second-order valence-electron chi connectivity index (χ2n) is 12.3. The summed E-state index contributed by atoms with van der Waals surface area (Å²) in [5.41, 5.74) is 8.71. The maximum atomic E-state index is 6.60. The lowest BCUT2D eigenvalue weighted by molar-refractivity contribution is 0.434. The number of aromatic nitrogens is 3. The molecule has 0 atom stereocenters. The number of para-hydroxylation sites is 2. The lowest BCUT2D eigenvalue weighted by Gasteiger charge is -2.42. The van der Waals surface area contributed by atoms with E-state index in [1.807, 2.05) is 72.8 Å². The maximum Gasteiger partial charge on any atom is 0.164 e. The van der Waals surface area contributed by atoms with Gasteiger partial charge in [-0.2, -0.15) is 0 Å². The van der Waals surface area contributed by atoms with Gasteiger partial charge in [-0.3, -0.25) is 0 Å². The third-order valence-electron chi connectivity index (χ3n) is 9.50. The Morgan fingerprint density at radius 3 is 1.28 bits per heavy atom. The predicted octanol–water partition coefficient (Wildman–Crippen LogP) is 11.0. The fraction of sp³-hybridized carbons (Fsp3) is 0.0217. The lowest BCUT2D eigenvalue weighted by Crippen LogP contribution is -2.34. The van der Waals surface area contributed by atoms with Gasteiger partial charge in [0, 0.05) is 27.8 Å². The van der Waals surface area contributed by atoms with E-state index in [1.165, 1.54) is 0 Å². The summed E-state index contributed by atoms with van der Waals surface area (Å²) in [5.74, 6) is 3.56. The summed E-state index contributed by atoms with van der Waals surface area (Å²) in [4.78, 5) is 15.2. The Balaban J connectivity index is 1.33. The van der Waals surface area contributed by atoms with Crippen LogP contribution in [0.5, 0.6) is 11.5 Å². The molecule has 0 saturated heterocycles. The second-order valence-corrected chi connectivity index (χ2v) is 12.3. The molecular weight excluding hydrogens is 611 g/mol. The van der Waals surface area contributed by atoms with E-state index in [-0.39, 0.29) is 0 Å². The Bertz CT molecular complexity index is 2360. The van der Waals surface area contributed by atoms with E-state index in [0.717, 1.165) is 61.6 Å². The SMILES string of the molecule is c1ccc(-c2nc(-c3ccccc3)nc(-c3ccccc3-c3ccccc3C3(c4ccccc4)c4ccccc4Oc4ccccc43)n2)cc1. The highest BCUT2D eigenvalue weighted by Gasteiger charge is 2.46. The van der Waals surface area contributed by atoms with Crippen LogP contribution in [0.1, 0.15) is 22.3 Å². The first-order valence-electron chi connectivity index (χ1n) is 16.8. The van der Waals surface area contributed by atoms with Crippen LogP contribution in [0, 0.1) is 0 Å². The van der Waals surface area contributed by atoms with Gasteiger partial charge in [-0.1, -0.05) is 176 Å². The van der Waals surface area contributed by atoms with Gasteiger partial charge in [0.1, 0.15) is 11.5 Å². The molecule has 1 aliphatic heterocycles. The number of fused-ring (bicyclic) bond motifs is 2. The van der Waals surface area contributed by atoms with Crippen molar-refractivity contribution in [2.24, 2.45) is 0 Å². The molecule has 4 heteroatoms. The molecule has 0 aliphatic carbocycles. The molecule has 0 fully saturated rings. The summed E-state index contributed by atoms with van der Waals surface area (Å²) >= 11 is 0. The highest BCUT2D eigenvalue weighted by Crippen LogP contribution is 2.57. The zero-order chi connectivity index (χ0) is 33.3. The van der Waals surface area contributed by atoms with E-state index in [0.29, 0.717) is 17.5 Å². The van der Waals surface area contributed by atoms with Crippen LogP contribution in [0.2, 0.25) is 0 Å². The van der Waals surface area contributed by atoms with E-state index in [2.05, 4.69) is 115 Å². The number of rotatable bonds is 6. The second kappa shape index (κ2) is 12.4. The van der Waals surface area contributed by atoms with Gasteiger partial charge in [0.15, 0.2) is 17.5 Å². The minimum atomic E-state index is -0.681. The van der Waals surface area contributed by atoms with Crippen LogP contribution < -0.4 is 4.74 Å². The number of benzene rings is 7. The summed E-state index contributed by atoms with van der Waals surface area (Å²) < 4.78 is 6.60. The van der Waals surface area contributed by atoms with Gasteiger partial charge in [-0.25, -0.2) is 15.0 Å². The zero-order valence-corrected chi connectivity index (χ0v) is 27.1. The Kier molecular flexibility index (Phi) is 7.33. The predicted molar refractivity (Wildman–Crippen MR) is 200 cm³/mol. The van der Waals surface area contributed by atoms with Gasteiger partial charge < -0.3 is 4.74 Å². The zero-order valence-electron chi connectivity index (χ0n) is 27.1. The maximum absolute atomic E-state index is 6.60. The van der Waals surface area contributed by atoms with Crippen LogP contribution in [0.3, 0.4) is 0 Å². The molecule has 7 aromatic carbocycles. The van der Waals surface area contributed by atoms with Gasteiger partial charge in [0.25, 0.3) is 0 Å². The van der Waals surface area contributed by atoms with Crippen molar-refractivity contribution in [2.45, 2.75) is 5.41 Å². The smallest absolute Gasteiger partial charge is 0.164 e. The minimum absolute atomic E-state index is 0.615. The van der Waals surface area contributed by atoms with E-state index in [9.17, 15) is 0 Å². The molecule has 0 saturated carbocycles. The summed E-state index contributed by atoms with van der Waals surface area (Å²) in [7, 11) is 0. The van der Waals surface area contributed by atoms with Crippen LogP contribution in [0.4, 0.5) is 0 Å². The fourth-order valence-electron chi connectivity index (χ4n) is 7.33. The molecule has 0 unspecified atom stereocenters. The average Bonchev–Trinajstić information content (AvgIpc) is 3.21. The molecule has 236 valence electrons. The Morgan fingerprint density at radius 2 is 0.720 bits per heavy atom. The van der Waals surface area contributed by atoms with Crippen molar-refractivity contribution in [3.63, 3.8) is 0 Å². The van der Waals surface area contributed by atoms with Crippen molar-refractivity contribution in [3.05, 3.63) is 210 Å². The van der Waals surface area contributed by atoms with Gasteiger partial charge in [0.2, 0.25) is 0 Å². The summed E-state index contributed by atoms with van der Waals surface area (Å²) in [5, 5.41) is 0. The van der Waals surface area contributed by atoms with Crippen molar-refractivity contribution in [2.75, 3.05) is 0 Å². The Hall–Kier alpha value is -6.65. The molecule has 0 spiro atoms. The number of ether oxygens (including phenoxy) is 1. The average molecular weight is 642 g/mol. The van der Waals surface area contributed by atoms with Crippen LogP contribution in [-0.4, -0.2) is 15.0 Å². The molecule has 0 bridgehead atoms. The third kappa shape index (κ3) is 4.89. The van der Waals surface area contributed by atoms with Gasteiger partial charge in [0.05, 0.1) is 5.41 Å². The molecule has 0 N–H and O–H groups in total. The fourth-order valence-corrected chi connectivity index (χ4v) is 7.33. The first-order chi connectivity index (χ1) is 24.8. The Labute approximate surface area is 291 Å². The summed E-state index contributed by atoms with van der Waals surface area (Å²) in [6.45, 7) is 0. The van der Waals surface area contributed by atoms with Crippen molar-refractivity contribution in [1.82, 2.24) is 15.0 Å². The van der Waals surface area contributed by atoms with Crippen LogP contribution >= 0.6 is 0 Å². The summed E-state index contributed by atoms with van der Waals surface area (Å²) in [6.07, 6.45) is 0. The normalized spacial score (nSPS) is 12.7. The minimum Gasteiger partial charge on any atom is -0.457 e. The van der Waals surface area contributed by atoms with Crippen LogP contribution in [-0.2, 0) is 5.41 Å². The molecule has 1 aromatic heterocycles. The Morgan fingerprint density at radius 1 is 0.320 bits per heavy atom. The van der Waals surface area contributed by atoms with Crippen molar-refractivity contribution < 1.29 is 4.74 Å². The quantitative estimate of drug-likeness (QED) is 0.181. The first-order valence-corrected chi connectivity index (χ1v) is 16.8. The molecule has 0 amide bonds. The molecule has 2 heterocycles. The van der Waals surface area contributed by atoms with E-state index < -0.39 is 5.41 Å². The monoisotopic (exact) mass is 641 g/mol. The molecule has 8 aromatic rings. The number of hydrogen-bond donors (Lipinski definition) is 0. The molecular formula is C46H31N3O. The van der Waals surface area contributed by atoms with Crippen LogP contribution in [0.25, 0.3) is 45.3 Å².